The predicted octanol–water partition coefficient (Wildman–Crippen LogP) is 8.38. The fourth-order valence-corrected chi connectivity index (χ4v) is 5.27. The number of alkyl halides is 3. The molecule has 0 radical (unpaired) electrons. The third-order valence-electron chi connectivity index (χ3n) is 6.50. The van der Waals surface area contributed by atoms with Crippen LogP contribution in [0, 0.1) is 10.1 Å². The first kappa shape index (κ1) is 31.9. The van der Waals surface area contributed by atoms with Crippen LogP contribution in [0.15, 0.2) is 97.7 Å². The minimum atomic E-state index is -4.60. The van der Waals surface area contributed by atoms with Gasteiger partial charge in [0.05, 0.1) is 38.7 Å². The fraction of sp³-hybridized carbons (Fsp3) is 0.129. The van der Waals surface area contributed by atoms with Crippen molar-refractivity contribution >= 4 is 54.7 Å². The number of hydrogen-bond acceptors (Lipinski definition) is 7. The van der Waals surface area contributed by atoms with Gasteiger partial charge in [0.2, 0.25) is 0 Å². The van der Waals surface area contributed by atoms with Crippen LogP contribution in [0.2, 0.25) is 0 Å². The van der Waals surface area contributed by atoms with E-state index < -0.39 is 22.2 Å². The second-order valence-electron chi connectivity index (χ2n) is 9.46. The van der Waals surface area contributed by atoms with Crippen LogP contribution in [0.1, 0.15) is 23.6 Å². The number of rotatable bonds is 9. The van der Waals surface area contributed by atoms with Crippen molar-refractivity contribution in [2.24, 2.45) is 5.10 Å². The summed E-state index contributed by atoms with van der Waals surface area (Å²) in [5.41, 5.74) is -0.0281. The summed E-state index contributed by atoms with van der Waals surface area (Å²) < 4.78 is 54.3. The van der Waals surface area contributed by atoms with E-state index in [9.17, 15) is 28.1 Å². The van der Waals surface area contributed by atoms with E-state index in [1.807, 2.05) is 0 Å². The van der Waals surface area contributed by atoms with Crippen LogP contribution < -0.4 is 15.0 Å². The number of non-ortho nitro benzene ring substituents is 1. The average Bonchev–Trinajstić information content (AvgIpc) is 3.02. The molecule has 0 N–H and O–H groups in total. The van der Waals surface area contributed by atoms with E-state index >= 15 is 0 Å². The quantitative estimate of drug-likeness (QED) is 0.0853. The maximum Gasteiger partial charge on any atom is 0.416 e. The summed E-state index contributed by atoms with van der Waals surface area (Å²) >= 11 is 7.03. The van der Waals surface area contributed by atoms with Crippen LogP contribution in [-0.4, -0.2) is 27.4 Å². The van der Waals surface area contributed by atoms with Gasteiger partial charge in [0.25, 0.3) is 11.2 Å². The van der Waals surface area contributed by atoms with Crippen molar-refractivity contribution in [3.63, 3.8) is 0 Å². The van der Waals surface area contributed by atoms with Crippen LogP contribution in [0.5, 0.6) is 11.5 Å². The molecule has 9 nitrogen and oxygen atoms in total. The standard InChI is InChI=1S/C31H21Br2F3N4O5/c1-2-44-25-15-20(26(32)27(33)28(25)45-17-18-10-12-22(13-11-18)40(42)43)16-37-39-29(19-6-5-7-21(14-19)31(34,35)36)38-24-9-4-3-8-23(24)30(39)41/h3-16H,2,17H2,1H3. The van der Waals surface area contributed by atoms with E-state index in [4.69, 9.17) is 9.47 Å². The highest BCUT2D eigenvalue weighted by Crippen LogP contribution is 2.43. The number of benzene rings is 4. The molecule has 45 heavy (non-hydrogen) atoms. The molecule has 1 aromatic heterocycles. The summed E-state index contributed by atoms with van der Waals surface area (Å²) in [6.45, 7) is 2.15. The lowest BCUT2D eigenvalue weighted by Crippen LogP contribution is -2.20. The molecule has 0 amide bonds. The average molecular weight is 746 g/mol. The van der Waals surface area contributed by atoms with E-state index in [2.05, 4.69) is 41.9 Å². The Labute approximate surface area is 270 Å². The highest BCUT2D eigenvalue weighted by Gasteiger charge is 2.31. The Hall–Kier alpha value is -4.56. The Bertz CT molecular complexity index is 2000. The molecule has 0 atom stereocenters. The number of nitro groups is 1. The third-order valence-corrected chi connectivity index (χ3v) is 8.64. The Morgan fingerprint density at radius 3 is 2.42 bits per heavy atom. The van der Waals surface area contributed by atoms with Crippen molar-refractivity contribution in [2.75, 3.05) is 6.61 Å². The number of ether oxygens (including phenoxy) is 2. The molecule has 0 unspecified atom stereocenters. The second kappa shape index (κ2) is 13.2. The predicted molar refractivity (Wildman–Crippen MR) is 170 cm³/mol. The molecule has 0 spiro atoms. The summed E-state index contributed by atoms with van der Waals surface area (Å²) in [7, 11) is 0. The molecular formula is C31H21Br2F3N4O5. The zero-order valence-electron chi connectivity index (χ0n) is 23.2. The van der Waals surface area contributed by atoms with E-state index in [1.165, 1.54) is 30.5 Å². The second-order valence-corrected chi connectivity index (χ2v) is 11.0. The largest absolute Gasteiger partial charge is 0.490 e. The number of nitrogens with zero attached hydrogens (tertiary/aromatic N) is 4. The normalized spacial score (nSPS) is 11.7. The topological polar surface area (TPSA) is 109 Å². The smallest absolute Gasteiger partial charge is 0.416 e. The van der Waals surface area contributed by atoms with Crippen LogP contribution >= 0.6 is 31.9 Å². The number of fused-ring (bicyclic) bond motifs is 1. The molecule has 5 aromatic rings. The van der Waals surface area contributed by atoms with Crippen molar-refractivity contribution in [1.29, 1.82) is 0 Å². The summed E-state index contributed by atoms with van der Waals surface area (Å²) in [5.74, 6) is 0.593. The zero-order chi connectivity index (χ0) is 32.3. The SMILES string of the molecule is CCOc1cc(C=Nn2c(-c3cccc(C(F)(F)F)c3)nc3ccccc3c2=O)c(Br)c(Br)c1OCc1ccc([N+](=O)[O-])cc1. The first-order chi connectivity index (χ1) is 21.5. The van der Waals surface area contributed by atoms with E-state index in [1.54, 1.807) is 49.4 Å². The number of hydrogen-bond donors (Lipinski definition) is 0. The lowest BCUT2D eigenvalue weighted by Gasteiger charge is -2.16. The van der Waals surface area contributed by atoms with Gasteiger partial charge in [-0.25, -0.2) is 4.98 Å². The Morgan fingerprint density at radius 2 is 1.73 bits per heavy atom. The monoisotopic (exact) mass is 744 g/mol. The van der Waals surface area contributed by atoms with Crippen LogP contribution in [0.4, 0.5) is 18.9 Å². The van der Waals surface area contributed by atoms with Gasteiger partial charge in [0.1, 0.15) is 6.61 Å². The van der Waals surface area contributed by atoms with Crippen molar-refractivity contribution in [1.82, 2.24) is 9.66 Å². The minimum absolute atomic E-state index is 0.0433. The minimum Gasteiger partial charge on any atom is -0.490 e. The van der Waals surface area contributed by atoms with E-state index in [0.717, 1.165) is 16.8 Å². The van der Waals surface area contributed by atoms with Crippen molar-refractivity contribution < 1.29 is 27.6 Å². The molecule has 0 aliphatic rings. The molecular weight excluding hydrogens is 725 g/mol. The van der Waals surface area contributed by atoms with Gasteiger partial charge in [0, 0.05) is 27.7 Å². The first-order valence-electron chi connectivity index (χ1n) is 13.2. The number of nitro benzene ring substituents is 1. The maximum absolute atomic E-state index is 13.6. The van der Waals surface area contributed by atoms with Crippen LogP contribution in [0.3, 0.4) is 0 Å². The van der Waals surface area contributed by atoms with Gasteiger partial charge in [-0.15, -0.1) is 0 Å². The number of aromatic nitrogens is 2. The Kier molecular flexibility index (Phi) is 9.34. The summed E-state index contributed by atoms with van der Waals surface area (Å²) in [4.78, 5) is 28.5. The molecule has 4 aromatic carbocycles. The van der Waals surface area contributed by atoms with Gasteiger partial charge in [-0.1, -0.05) is 24.3 Å². The van der Waals surface area contributed by atoms with Gasteiger partial charge in [0.15, 0.2) is 17.3 Å². The molecule has 230 valence electrons. The zero-order valence-corrected chi connectivity index (χ0v) is 26.4. The molecule has 0 bridgehead atoms. The van der Waals surface area contributed by atoms with E-state index in [-0.39, 0.29) is 35.7 Å². The molecule has 0 fully saturated rings. The first-order valence-corrected chi connectivity index (χ1v) is 14.8. The van der Waals surface area contributed by atoms with Crippen molar-refractivity contribution in [3.8, 4) is 22.9 Å². The fourth-order valence-electron chi connectivity index (χ4n) is 4.34. The van der Waals surface area contributed by atoms with E-state index in [0.29, 0.717) is 37.1 Å². The van der Waals surface area contributed by atoms with Gasteiger partial charge in [-0.05, 0) is 86.8 Å². The molecule has 0 saturated carbocycles. The van der Waals surface area contributed by atoms with Gasteiger partial charge in [-0.3, -0.25) is 14.9 Å². The van der Waals surface area contributed by atoms with Crippen molar-refractivity contribution in [2.45, 2.75) is 19.7 Å². The number of halogens is 5. The number of para-hydroxylation sites is 1. The van der Waals surface area contributed by atoms with Crippen LogP contribution in [-0.2, 0) is 12.8 Å². The van der Waals surface area contributed by atoms with Crippen LogP contribution in [0.25, 0.3) is 22.3 Å². The molecule has 5 rings (SSSR count). The summed E-state index contributed by atoms with van der Waals surface area (Å²) in [6, 6.07) is 18.5. The molecule has 0 aliphatic carbocycles. The lowest BCUT2D eigenvalue weighted by atomic mass is 10.1. The molecule has 1 heterocycles. The van der Waals surface area contributed by atoms with Crippen molar-refractivity contribution in [3.05, 3.63) is 125 Å². The third kappa shape index (κ3) is 6.91. The summed E-state index contributed by atoms with van der Waals surface area (Å²) in [5, 5.41) is 15.6. The van der Waals surface area contributed by atoms with Gasteiger partial charge >= 0.3 is 6.18 Å². The highest BCUT2D eigenvalue weighted by molar-refractivity contribution is 9.13. The molecule has 14 heteroatoms. The maximum atomic E-state index is 13.6. The Balaban J connectivity index is 1.56. The Morgan fingerprint density at radius 1 is 1.00 bits per heavy atom. The lowest BCUT2D eigenvalue weighted by molar-refractivity contribution is -0.384. The molecule has 0 aliphatic heterocycles. The molecule has 0 saturated heterocycles. The summed E-state index contributed by atoms with van der Waals surface area (Å²) in [6.07, 6.45) is -3.25. The highest BCUT2D eigenvalue weighted by atomic mass is 79.9. The van der Waals surface area contributed by atoms with Gasteiger partial charge < -0.3 is 9.47 Å². The van der Waals surface area contributed by atoms with Gasteiger partial charge in [-0.2, -0.15) is 22.9 Å².